The molecule has 1 aromatic rings. The topological polar surface area (TPSA) is 104 Å². The van der Waals surface area contributed by atoms with Crippen LogP contribution in [-0.2, 0) is 14.8 Å². The predicted octanol–water partition coefficient (Wildman–Crippen LogP) is 0.666. The molecule has 0 amide bonds. The molecule has 0 spiro atoms. The van der Waals surface area contributed by atoms with Gasteiger partial charge in [0.15, 0.2) is 0 Å². The maximum atomic E-state index is 12.7. The van der Waals surface area contributed by atoms with Gasteiger partial charge in [-0.25, -0.2) is 8.42 Å². The molecule has 21 heavy (non-hydrogen) atoms. The highest BCUT2D eigenvalue weighted by molar-refractivity contribution is 9.10. The van der Waals surface area contributed by atoms with Gasteiger partial charge < -0.3 is 14.9 Å². The highest BCUT2D eigenvalue weighted by Gasteiger charge is 2.44. The van der Waals surface area contributed by atoms with Crippen LogP contribution in [0.3, 0.4) is 0 Å². The van der Waals surface area contributed by atoms with Crippen molar-refractivity contribution in [3.05, 3.63) is 22.7 Å². The van der Waals surface area contributed by atoms with E-state index in [4.69, 9.17) is 9.84 Å². The summed E-state index contributed by atoms with van der Waals surface area (Å²) in [4.78, 5) is 11.1. The molecule has 1 saturated heterocycles. The van der Waals surface area contributed by atoms with Crippen LogP contribution in [0, 0.1) is 0 Å². The number of aliphatic carboxylic acids is 1. The summed E-state index contributed by atoms with van der Waals surface area (Å²) in [6.45, 7) is -0.255. The molecule has 1 fully saturated rings. The molecule has 0 radical (unpaired) electrons. The smallest absolute Gasteiger partial charge is 0.322 e. The van der Waals surface area contributed by atoms with E-state index in [0.29, 0.717) is 4.47 Å². The number of β-amino-alcohol motifs (C(OH)–C–C–N with tert-alkyl or cyclic N) is 1. The van der Waals surface area contributed by atoms with E-state index in [0.717, 1.165) is 4.31 Å². The van der Waals surface area contributed by atoms with Gasteiger partial charge in [-0.1, -0.05) is 15.9 Å². The number of carboxylic acid groups (broad SMARTS) is 1. The van der Waals surface area contributed by atoms with Crippen molar-refractivity contribution in [3.63, 3.8) is 0 Å². The average Bonchev–Trinajstić information content (AvgIpc) is 2.82. The number of aliphatic hydroxyl groups is 1. The molecule has 9 heteroatoms. The molecule has 0 aromatic heterocycles. The Bertz CT molecular complexity index is 662. The number of benzene rings is 1. The van der Waals surface area contributed by atoms with Crippen molar-refractivity contribution < 1.29 is 28.2 Å². The monoisotopic (exact) mass is 379 g/mol. The quantitative estimate of drug-likeness (QED) is 0.796. The van der Waals surface area contributed by atoms with Gasteiger partial charge in [0.25, 0.3) is 0 Å². The van der Waals surface area contributed by atoms with E-state index in [9.17, 15) is 18.3 Å². The molecule has 2 N–H and O–H groups in total. The minimum absolute atomic E-state index is 0.115. The van der Waals surface area contributed by atoms with Crippen LogP contribution in [0.4, 0.5) is 0 Å². The first-order valence-electron chi connectivity index (χ1n) is 6.03. The number of hydrogen-bond acceptors (Lipinski definition) is 5. The maximum Gasteiger partial charge on any atom is 0.322 e. The van der Waals surface area contributed by atoms with Gasteiger partial charge in [-0.3, -0.25) is 4.79 Å². The Labute approximate surface area is 130 Å². The highest BCUT2D eigenvalue weighted by Crippen LogP contribution is 2.33. The lowest BCUT2D eigenvalue weighted by Crippen LogP contribution is -2.40. The van der Waals surface area contributed by atoms with Gasteiger partial charge in [0.1, 0.15) is 16.7 Å². The summed E-state index contributed by atoms with van der Waals surface area (Å²) in [5, 5.41) is 18.7. The van der Waals surface area contributed by atoms with Crippen molar-refractivity contribution in [2.45, 2.75) is 23.5 Å². The zero-order valence-electron chi connectivity index (χ0n) is 11.1. The van der Waals surface area contributed by atoms with E-state index in [1.165, 1.54) is 19.2 Å². The Morgan fingerprint density at radius 1 is 1.48 bits per heavy atom. The van der Waals surface area contributed by atoms with Crippen LogP contribution >= 0.6 is 15.9 Å². The molecule has 1 aliphatic rings. The molecule has 1 aliphatic heterocycles. The molecular weight excluding hydrogens is 366 g/mol. The second-order valence-electron chi connectivity index (χ2n) is 4.61. The van der Waals surface area contributed by atoms with Crippen LogP contribution in [0.5, 0.6) is 5.75 Å². The van der Waals surface area contributed by atoms with E-state index in [-0.39, 0.29) is 23.6 Å². The van der Waals surface area contributed by atoms with Gasteiger partial charge in [0.2, 0.25) is 10.0 Å². The number of halogens is 1. The normalized spacial score (nSPS) is 23.2. The van der Waals surface area contributed by atoms with Crippen LogP contribution < -0.4 is 4.74 Å². The third-order valence-corrected chi connectivity index (χ3v) is 5.62. The minimum Gasteiger partial charge on any atom is -0.495 e. The van der Waals surface area contributed by atoms with Gasteiger partial charge >= 0.3 is 5.97 Å². The summed E-state index contributed by atoms with van der Waals surface area (Å²) in [7, 11) is -2.76. The molecule has 7 nitrogen and oxygen atoms in total. The summed E-state index contributed by atoms with van der Waals surface area (Å²) in [5.74, 6) is -1.17. The SMILES string of the molecule is COc1ccc(Br)cc1S(=O)(=O)N1C[C@H](O)C[C@@H]1C(=O)O. The number of rotatable bonds is 4. The van der Waals surface area contributed by atoms with Crippen molar-refractivity contribution in [3.8, 4) is 5.75 Å². The summed E-state index contributed by atoms with van der Waals surface area (Å²) in [5.41, 5.74) is 0. The van der Waals surface area contributed by atoms with Crippen molar-refractivity contribution in [1.29, 1.82) is 0 Å². The fourth-order valence-electron chi connectivity index (χ4n) is 2.25. The Balaban J connectivity index is 2.51. The number of carboxylic acids is 1. The Kier molecular flexibility index (Phi) is 4.57. The summed E-state index contributed by atoms with van der Waals surface area (Å²) in [6, 6.07) is 3.15. The van der Waals surface area contributed by atoms with Gasteiger partial charge in [-0.15, -0.1) is 0 Å². The molecule has 2 atom stereocenters. The zero-order valence-corrected chi connectivity index (χ0v) is 13.5. The molecule has 2 rings (SSSR count). The van der Waals surface area contributed by atoms with Gasteiger partial charge in [-0.2, -0.15) is 4.31 Å². The summed E-state index contributed by atoms with van der Waals surface area (Å²) >= 11 is 3.18. The fraction of sp³-hybridized carbons (Fsp3) is 0.417. The van der Waals surface area contributed by atoms with E-state index in [1.54, 1.807) is 6.07 Å². The molecule has 1 heterocycles. The Hall–Kier alpha value is -1.16. The lowest BCUT2D eigenvalue weighted by molar-refractivity contribution is -0.140. The molecule has 0 saturated carbocycles. The first-order valence-corrected chi connectivity index (χ1v) is 8.27. The molecule has 0 bridgehead atoms. The standard InChI is InChI=1S/C12H14BrNO6S/c1-20-10-3-2-7(13)4-11(10)21(18,19)14-6-8(15)5-9(14)12(16)17/h2-4,8-9,15H,5-6H2,1H3,(H,16,17)/t8-,9-/m1/s1. The van der Waals surface area contributed by atoms with Crippen molar-refractivity contribution in [2.75, 3.05) is 13.7 Å². The lowest BCUT2D eigenvalue weighted by atomic mass is 10.2. The van der Waals surface area contributed by atoms with E-state index < -0.39 is 28.1 Å². The first-order chi connectivity index (χ1) is 9.77. The zero-order chi connectivity index (χ0) is 15.8. The molecule has 116 valence electrons. The Morgan fingerprint density at radius 3 is 2.71 bits per heavy atom. The third kappa shape index (κ3) is 3.05. The number of ether oxygens (including phenoxy) is 1. The molecule has 1 aromatic carbocycles. The highest BCUT2D eigenvalue weighted by atomic mass is 79.9. The number of methoxy groups -OCH3 is 1. The largest absolute Gasteiger partial charge is 0.495 e. The van der Waals surface area contributed by atoms with Crippen molar-refractivity contribution in [2.24, 2.45) is 0 Å². The van der Waals surface area contributed by atoms with Gasteiger partial charge in [0, 0.05) is 17.4 Å². The average molecular weight is 380 g/mol. The van der Waals surface area contributed by atoms with Crippen molar-refractivity contribution in [1.82, 2.24) is 4.31 Å². The Morgan fingerprint density at radius 2 is 2.14 bits per heavy atom. The van der Waals surface area contributed by atoms with Crippen LogP contribution in [0.2, 0.25) is 0 Å². The third-order valence-electron chi connectivity index (χ3n) is 3.23. The van der Waals surface area contributed by atoms with Crippen LogP contribution in [0.15, 0.2) is 27.6 Å². The first kappa shape index (κ1) is 16.2. The van der Waals surface area contributed by atoms with Crippen LogP contribution in [0.1, 0.15) is 6.42 Å². The molecule has 0 aliphatic carbocycles. The van der Waals surface area contributed by atoms with Gasteiger partial charge in [0.05, 0.1) is 13.2 Å². The second kappa shape index (κ2) is 5.91. The maximum absolute atomic E-state index is 12.7. The second-order valence-corrected chi connectivity index (χ2v) is 7.39. The molecule has 0 unspecified atom stereocenters. The lowest BCUT2D eigenvalue weighted by Gasteiger charge is -2.22. The van der Waals surface area contributed by atoms with E-state index in [2.05, 4.69) is 15.9 Å². The summed E-state index contributed by atoms with van der Waals surface area (Å²) < 4.78 is 31.7. The number of sulfonamides is 1. The van der Waals surface area contributed by atoms with Crippen LogP contribution in [-0.4, -0.2) is 54.7 Å². The van der Waals surface area contributed by atoms with E-state index >= 15 is 0 Å². The van der Waals surface area contributed by atoms with Gasteiger partial charge in [-0.05, 0) is 18.2 Å². The number of hydrogen-bond donors (Lipinski definition) is 2. The minimum atomic E-state index is -4.09. The van der Waals surface area contributed by atoms with E-state index in [1.807, 2.05) is 0 Å². The predicted molar refractivity (Wildman–Crippen MR) is 76.6 cm³/mol. The fourth-order valence-corrected chi connectivity index (χ4v) is 4.58. The molecular formula is C12H14BrNO6S. The van der Waals surface area contributed by atoms with Crippen LogP contribution in [0.25, 0.3) is 0 Å². The number of nitrogens with zero attached hydrogens (tertiary/aromatic N) is 1. The van der Waals surface area contributed by atoms with Crippen molar-refractivity contribution >= 4 is 31.9 Å². The number of carbonyl (C=O) groups is 1. The number of aliphatic hydroxyl groups excluding tert-OH is 1. The summed E-state index contributed by atoms with van der Waals surface area (Å²) in [6.07, 6.45) is -1.13.